The van der Waals surface area contributed by atoms with Crippen LogP contribution in [-0.2, 0) is 9.59 Å². The van der Waals surface area contributed by atoms with Crippen molar-refractivity contribution < 1.29 is 19.8 Å². The number of carbonyl (C=O) groups is 2. The number of hydrogen-bond acceptors (Lipinski definition) is 4. The van der Waals surface area contributed by atoms with Crippen LogP contribution in [-0.4, -0.2) is 55.6 Å². The van der Waals surface area contributed by atoms with Gasteiger partial charge >= 0.3 is 116 Å². The molecule has 0 aromatic heterocycles. The summed E-state index contributed by atoms with van der Waals surface area (Å²) in [6, 6.07) is 0. The zero-order valence-electron chi connectivity index (χ0n) is 14.2. The van der Waals surface area contributed by atoms with Gasteiger partial charge in [0.1, 0.15) is 0 Å². The van der Waals surface area contributed by atoms with Gasteiger partial charge in [-0.15, -0.1) is 0 Å². The van der Waals surface area contributed by atoms with Crippen molar-refractivity contribution in [2.45, 2.75) is 72.6 Å². The van der Waals surface area contributed by atoms with Crippen LogP contribution in [0, 0.1) is 0 Å². The molecule has 0 aromatic carbocycles. The predicted octanol–water partition coefficient (Wildman–Crippen LogP) is 1.54. The molecule has 0 amide bonds. The van der Waals surface area contributed by atoms with Crippen LogP contribution < -0.4 is 10.2 Å². The second-order valence-electron chi connectivity index (χ2n) is 4.53. The first-order chi connectivity index (χ1) is 10.5. The van der Waals surface area contributed by atoms with Gasteiger partial charge in [-0.05, 0) is 12.2 Å². The van der Waals surface area contributed by atoms with E-state index >= 15 is 0 Å². The van der Waals surface area contributed by atoms with Crippen LogP contribution in [0.4, 0.5) is 0 Å². The summed E-state index contributed by atoms with van der Waals surface area (Å²) in [7, 11) is 0. The molecule has 0 rings (SSSR count). The monoisotopic (exact) mass is 525 g/mol. The minimum absolute atomic E-state index is 0.149. The summed E-state index contributed by atoms with van der Waals surface area (Å²) in [6.07, 6.45) is 9.40. The van der Waals surface area contributed by atoms with Crippen LogP contribution in [0.2, 0.25) is 13.3 Å². The van der Waals surface area contributed by atoms with Gasteiger partial charge in [0.2, 0.25) is 0 Å². The summed E-state index contributed by atoms with van der Waals surface area (Å²) in [5, 5.41) is 18.8. The SMILES string of the molecule is CCC[CH2][Sn+2][CH2]CCC.CCC[CH2][Sn+3].O=C([O-])/C=C\C(=O)[O-]. The molecule has 0 radical (unpaired) electrons. The van der Waals surface area contributed by atoms with Crippen LogP contribution in [0.3, 0.4) is 0 Å². The maximum Gasteiger partial charge on any atom is 0.0643 e. The smallest absolute Gasteiger partial charge is 0.0643 e. The molecule has 0 bridgehead atoms. The fourth-order valence-electron chi connectivity index (χ4n) is 1.04. The molecule has 0 heterocycles. The molecule has 0 aliphatic rings. The van der Waals surface area contributed by atoms with Gasteiger partial charge in [0.05, 0.1) is 11.9 Å². The fourth-order valence-corrected chi connectivity index (χ4v) is 6.21. The first-order valence-electron chi connectivity index (χ1n) is 7.91. The molecule has 0 N–H and O–H groups in total. The summed E-state index contributed by atoms with van der Waals surface area (Å²) in [5.74, 6) is -3.09. The number of rotatable bonds is 10. The number of unbranched alkanes of at least 4 members (excludes halogenated alkanes) is 3. The molecule has 6 heteroatoms. The van der Waals surface area contributed by atoms with Crippen LogP contribution >= 0.6 is 0 Å². The number of carbonyl (C=O) groups excluding carboxylic acids is 2. The van der Waals surface area contributed by atoms with Crippen LogP contribution in [0.15, 0.2) is 12.2 Å². The first kappa shape index (κ1) is 27.1. The molecule has 0 saturated carbocycles. The van der Waals surface area contributed by atoms with E-state index in [-0.39, 0.29) is 21.1 Å². The Bertz CT molecular complexity index is 245. The van der Waals surface area contributed by atoms with E-state index in [9.17, 15) is 19.8 Å². The molecule has 0 unspecified atom stereocenters. The Kier molecular flexibility index (Phi) is 32.3. The number of aliphatic carboxylic acids is 2. The molecule has 0 aromatic rings. The number of hydrogen-bond donors (Lipinski definition) is 0. The summed E-state index contributed by atoms with van der Waals surface area (Å²) >= 11 is 1.83. The van der Waals surface area contributed by atoms with Crippen molar-refractivity contribution in [3.63, 3.8) is 0 Å². The van der Waals surface area contributed by atoms with Crippen molar-refractivity contribution in [1.29, 1.82) is 0 Å². The third-order valence-corrected chi connectivity index (χ3v) is 7.35. The molecular weight excluding hydrogens is 494 g/mol. The van der Waals surface area contributed by atoms with Crippen molar-refractivity contribution in [3.05, 3.63) is 12.2 Å². The normalized spacial score (nSPS) is 9.14. The Morgan fingerprint density at radius 1 is 0.864 bits per heavy atom. The van der Waals surface area contributed by atoms with Crippen molar-refractivity contribution in [2.24, 2.45) is 0 Å². The van der Waals surface area contributed by atoms with Gasteiger partial charge in [0.15, 0.2) is 0 Å². The Hall–Kier alpha value is 0.277. The van der Waals surface area contributed by atoms with Crippen LogP contribution in [0.25, 0.3) is 0 Å². The second kappa shape index (κ2) is 26.2. The molecule has 0 saturated heterocycles. The van der Waals surface area contributed by atoms with Crippen molar-refractivity contribution >= 4 is 55.6 Å². The third kappa shape index (κ3) is 42.7. The Labute approximate surface area is 159 Å². The topological polar surface area (TPSA) is 80.3 Å². The second-order valence-corrected chi connectivity index (χ2v) is 10.2. The molecule has 0 fully saturated rings. The van der Waals surface area contributed by atoms with Crippen molar-refractivity contribution in [3.8, 4) is 0 Å². The molecular formula is C16H29O4Sn2+3. The molecule has 122 valence electrons. The predicted molar refractivity (Wildman–Crippen MR) is 89.8 cm³/mol. The van der Waals surface area contributed by atoms with E-state index in [0.717, 1.165) is 0 Å². The van der Waals surface area contributed by atoms with E-state index in [1.807, 2.05) is 0 Å². The largest absolute Gasteiger partial charge is 0.545 e. The van der Waals surface area contributed by atoms with Crippen LogP contribution in [0.5, 0.6) is 0 Å². The zero-order chi connectivity index (χ0) is 17.6. The van der Waals surface area contributed by atoms with E-state index in [1.54, 1.807) is 31.4 Å². The number of carboxylic acid groups (broad SMARTS) is 2. The molecule has 0 spiro atoms. The summed E-state index contributed by atoms with van der Waals surface area (Å²) in [5.41, 5.74) is 0. The maximum absolute atomic E-state index is 9.41. The summed E-state index contributed by atoms with van der Waals surface area (Å²) in [6.45, 7) is 6.81. The van der Waals surface area contributed by atoms with E-state index in [1.165, 1.54) is 43.0 Å². The van der Waals surface area contributed by atoms with E-state index in [0.29, 0.717) is 12.2 Å². The number of carboxylic acids is 2. The Morgan fingerprint density at radius 3 is 1.41 bits per heavy atom. The van der Waals surface area contributed by atoms with Gasteiger partial charge in [-0.25, -0.2) is 0 Å². The van der Waals surface area contributed by atoms with Gasteiger partial charge in [-0.3, -0.25) is 0 Å². The maximum atomic E-state index is 9.41. The van der Waals surface area contributed by atoms with E-state index in [2.05, 4.69) is 20.8 Å². The molecule has 0 aliphatic carbocycles. The molecule has 0 aliphatic heterocycles. The first-order valence-corrected chi connectivity index (χ1v) is 14.0. The minimum atomic E-state index is -1.55. The van der Waals surface area contributed by atoms with Gasteiger partial charge in [0.25, 0.3) is 0 Å². The average molecular weight is 523 g/mol. The fraction of sp³-hybridized carbons (Fsp3) is 0.750. The minimum Gasteiger partial charge on any atom is -0.545 e. The van der Waals surface area contributed by atoms with Gasteiger partial charge in [-0.2, -0.15) is 0 Å². The van der Waals surface area contributed by atoms with Gasteiger partial charge < -0.3 is 19.8 Å². The Balaban J connectivity index is -0.000000257. The third-order valence-electron chi connectivity index (χ3n) is 2.30. The quantitative estimate of drug-likeness (QED) is 0.248. The van der Waals surface area contributed by atoms with E-state index in [4.69, 9.17) is 0 Å². The zero-order valence-corrected chi connectivity index (χ0v) is 19.9. The van der Waals surface area contributed by atoms with Crippen molar-refractivity contribution in [1.82, 2.24) is 0 Å². The van der Waals surface area contributed by atoms with Gasteiger partial charge in [-0.1, -0.05) is 0 Å². The molecule has 0 atom stereocenters. The standard InChI is InChI=1S/C4H4O4.3C4H9.2Sn/c5-3(6)1-2-4(7)8;3*1-3-4-2;;/h1-2H,(H,5,6)(H,7,8);3*1,3-4H2,2H3;;/q;;;;+2;+3/p-2/b2-1-;;;;;. The molecule has 22 heavy (non-hydrogen) atoms. The van der Waals surface area contributed by atoms with Crippen molar-refractivity contribution in [2.75, 3.05) is 0 Å². The van der Waals surface area contributed by atoms with Gasteiger partial charge in [0, 0.05) is 0 Å². The molecule has 4 nitrogen and oxygen atoms in total. The van der Waals surface area contributed by atoms with Crippen LogP contribution in [0.1, 0.15) is 59.3 Å². The average Bonchev–Trinajstić information content (AvgIpc) is 2.47. The summed E-state index contributed by atoms with van der Waals surface area (Å²) < 4.78 is 4.68. The summed E-state index contributed by atoms with van der Waals surface area (Å²) in [4.78, 5) is 18.8. The Morgan fingerprint density at radius 2 is 1.23 bits per heavy atom. The van der Waals surface area contributed by atoms with E-state index < -0.39 is 11.9 Å².